The molecule has 1 aliphatic heterocycles. The highest BCUT2D eigenvalue weighted by molar-refractivity contribution is 7.80. The molecule has 1 heterocycles. The maximum atomic E-state index is 11.3. The Morgan fingerprint density at radius 2 is 1.86 bits per heavy atom. The van der Waals surface area contributed by atoms with Crippen molar-refractivity contribution >= 4 is 24.4 Å². The van der Waals surface area contributed by atoms with Gasteiger partial charge in [0.25, 0.3) is 0 Å². The van der Waals surface area contributed by atoms with Gasteiger partial charge in [-0.25, -0.2) is 0 Å². The van der Waals surface area contributed by atoms with Crippen molar-refractivity contribution in [2.45, 2.75) is 19.3 Å². The Bertz CT molecular complexity index is 204. The van der Waals surface area contributed by atoms with Gasteiger partial charge in [0, 0.05) is 18.6 Å². The van der Waals surface area contributed by atoms with Crippen LogP contribution in [0.5, 0.6) is 0 Å². The summed E-state index contributed by atoms with van der Waals surface area (Å²) in [6.07, 6.45) is 1.66. The molecule has 5 heteroatoms. The first-order valence-electron chi connectivity index (χ1n) is 4.77. The molecule has 0 unspecified atom stereocenters. The molecular weight excluding hydrogens is 202 g/mol. The van der Waals surface area contributed by atoms with Crippen LogP contribution in [0.3, 0.4) is 0 Å². The number of carbonyl (C=O) groups excluding carboxylic acids is 2. The van der Waals surface area contributed by atoms with Crippen LogP contribution in [-0.4, -0.2) is 42.2 Å². The predicted octanol–water partition coefficient (Wildman–Crippen LogP) is 0.472. The lowest BCUT2D eigenvalue weighted by Gasteiger charge is -2.24. The molecule has 14 heavy (non-hydrogen) atoms. The summed E-state index contributed by atoms with van der Waals surface area (Å²) in [6, 6.07) is 0. The van der Waals surface area contributed by atoms with Crippen LogP contribution in [0.2, 0.25) is 0 Å². The molecule has 2 amide bonds. The van der Waals surface area contributed by atoms with E-state index in [9.17, 15) is 9.59 Å². The lowest BCUT2D eigenvalue weighted by atomic mass is 10.1. The van der Waals surface area contributed by atoms with Gasteiger partial charge >= 0.3 is 0 Å². The van der Waals surface area contributed by atoms with E-state index in [-0.39, 0.29) is 11.8 Å². The number of piperidine rings is 1. The first-order chi connectivity index (χ1) is 6.75. The molecule has 0 bridgehead atoms. The number of ether oxygens (including phenoxy) is 1. The second-order valence-corrected chi connectivity index (χ2v) is 3.58. The summed E-state index contributed by atoms with van der Waals surface area (Å²) in [6.45, 7) is 1.35. The van der Waals surface area contributed by atoms with Crippen molar-refractivity contribution in [3.63, 3.8) is 0 Å². The number of thiol groups is 1. The molecule has 0 radical (unpaired) electrons. The highest BCUT2D eigenvalue weighted by atomic mass is 32.1. The van der Waals surface area contributed by atoms with Gasteiger partial charge in [0.05, 0.1) is 19.8 Å². The Labute approximate surface area is 89.0 Å². The fourth-order valence-electron chi connectivity index (χ4n) is 1.37. The molecule has 0 N–H and O–H groups in total. The molecule has 0 atom stereocenters. The third-order valence-corrected chi connectivity index (χ3v) is 2.26. The van der Waals surface area contributed by atoms with Gasteiger partial charge in [-0.15, -0.1) is 0 Å². The minimum absolute atomic E-state index is 0.0734. The van der Waals surface area contributed by atoms with Gasteiger partial charge in [-0.1, -0.05) is 0 Å². The number of amides is 2. The maximum absolute atomic E-state index is 11.3. The minimum Gasteiger partial charge on any atom is -0.379 e. The summed E-state index contributed by atoms with van der Waals surface area (Å²) in [5.41, 5.74) is 0. The third kappa shape index (κ3) is 3.31. The summed E-state index contributed by atoms with van der Waals surface area (Å²) >= 11 is 3.98. The van der Waals surface area contributed by atoms with Gasteiger partial charge < -0.3 is 4.74 Å². The number of nitrogens with zero attached hydrogens (tertiary/aromatic N) is 1. The molecule has 4 nitrogen and oxygen atoms in total. The number of rotatable bonds is 5. The highest BCUT2D eigenvalue weighted by Gasteiger charge is 2.24. The topological polar surface area (TPSA) is 46.6 Å². The van der Waals surface area contributed by atoms with E-state index in [1.165, 1.54) is 4.90 Å². The van der Waals surface area contributed by atoms with Crippen LogP contribution in [0.1, 0.15) is 19.3 Å². The average molecular weight is 217 g/mol. The van der Waals surface area contributed by atoms with Gasteiger partial charge in [0.15, 0.2) is 0 Å². The number of hydrogen-bond acceptors (Lipinski definition) is 4. The van der Waals surface area contributed by atoms with Crippen molar-refractivity contribution in [1.29, 1.82) is 0 Å². The van der Waals surface area contributed by atoms with Crippen molar-refractivity contribution in [2.24, 2.45) is 0 Å². The van der Waals surface area contributed by atoms with Crippen LogP contribution in [0.4, 0.5) is 0 Å². The van der Waals surface area contributed by atoms with Gasteiger partial charge in [-0.3, -0.25) is 14.5 Å². The number of likely N-dealkylation sites (tertiary alicyclic amines) is 1. The second-order valence-electron chi connectivity index (χ2n) is 3.13. The number of imide groups is 1. The summed E-state index contributed by atoms with van der Waals surface area (Å²) < 4.78 is 5.16. The monoisotopic (exact) mass is 217 g/mol. The lowest BCUT2D eigenvalue weighted by molar-refractivity contribution is -0.148. The smallest absolute Gasteiger partial charge is 0.229 e. The highest BCUT2D eigenvalue weighted by Crippen LogP contribution is 2.11. The van der Waals surface area contributed by atoms with Crippen LogP contribution >= 0.6 is 12.6 Å². The Kier molecular flexibility index (Phi) is 4.97. The zero-order valence-corrected chi connectivity index (χ0v) is 8.96. The van der Waals surface area contributed by atoms with Crippen LogP contribution in [0, 0.1) is 0 Å². The SMILES string of the molecule is O=C1CCCC(=O)N1CCOCCS. The van der Waals surface area contributed by atoms with E-state index in [0.29, 0.717) is 44.8 Å². The standard InChI is InChI=1S/C9H15NO3S/c11-8-2-1-3-9(12)10(8)4-5-13-6-7-14/h14H,1-7H2. The predicted molar refractivity (Wildman–Crippen MR) is 55.2 cm³/mol. The van der Waals surface area contributed by atoms with Gasteiger partial charge in [-0.2, -0.15) is 12.6 Å². The fourth-order valence-corrected chi connectivity index (χ4v) is 1.50. The van der Waals surface area contributed by atoms with E-state index in [1.807, 2.05) is 0 Å². The van der Waals surface area contributed by atoms with E-state index in [0.717, 1.165) is 0 Å². The van der Waals surface area contributed by atoms with Gasteiger partial charge in [0.2, 0.25) is 11.8 Å². The molecule has 0 saturated carbocycles. The van der Waals surface area contributed by atoms with Crippen molar-refractivity contribution in [1.82, 2.24) is 4.90 Å². The second kappa shape index (κ2) is 6.03. The zero-order chi connectivity index (χ0) is 10.4. The Balaban J connectivity index is 2.26. The first-order valence-corrected chi connectivity index (χ1v) is 5.40. The van der Waals surface area contributed by atoms with Crippen molar-refractivity contribution < 1.29 is 14.3 Å². The minimum atomic E-state index is -0.0734. The molecule has 0 aromatic rings. The molecule has 1 fully saturated rings. The Morgan fingerprint density at radius 3 is 2.43 bits per heavy atom. The van der Waals surface area contributed by atoms with Crippen LogP contribution in [-0.2, 0) is 14.3 Å². The van der Waals surface area contributed by atoms with Crippen LogP contribution in [0.15, 0.2) is 0 Å². The number of carbonyl (C=O) groups is 2. The Morgan fingerprint density at radius 1 is 1.21 bits per heavy atom. The summed E-state index contributed by atoms with van der Waals surface area (Å²) in [5, 5.41) is 0. The largest absolute Gasteiger partial charge is 0.379 e. The summed E-state index contributed by atoms with van der Waals surface area (Å²) in [5.74, 6) is 0.508. The molecule has 0 spiro atoms. The Hall–Kier alpha value is -0.550. The zero-order valence-electron chi connectivity index (χ0n) is 8.07. The van der Waals surface area contributed by atoms with Crippen molar-refractivity contribution in [3.05, 3.63) is 0 Å². The first kappa shape index (κ1) is 11.5. The molecule has 80 valence electrons. The third-order valence-electron chi connectivity index (χ3n) is 2.08. The molecule has 0 aromatic heterocycles. The van der Waals surface area contributed by atoms with E-state index < -0.39 is 0 Å². The lowest BCUT2D eigenvalue weighted by Crippen LogP contribution is -2.42. The molecule has 1 rings (SSSR count). The maximum Gasteiger partial charge on any atom is 0.229 e. The molecule has 0 aromatic carbocycles. The van der Waals surface area contributed by atoms with E-state index in [4.69, 9.17) is 4.74 Å². The normalized spacial score (nSPS) is 17.6. The summed E-state index contributed by atoms with van der Waals surface area (Å²) in [4.78, 5) is 23.9. The van der Waals surface area contributed by atoms with E-state index in [1.54, 1.807) is 0 Å². The van der Waals surface area contributed by atoms with Gasteiger partial charge in [0.1, 0.15) is 0 Å². The van der Waals surface area contributed by atoms with Crippen LogP contribution in [0.25, 0.3) is 0 Å². The van der Waals surface area contributed by atoms with Crippen molar-refractivity contribution in [2.75, 3.05) is 25.5 Å². The van der Waals surface area contributed by atoms with Gasteiger partial charge in [-0.05, 0) is 6.42 Å². The number of hydrogen-bond donors (Lipinski definition) is 1. The molecular formula is C9H15NO3S. The quantitative estimate of drug-likeness (QED) is 0.414. The average Bonchev–Trinajstić information content (AvgIpc) is 2.16. The fraction of sp³-hybridized carbons (Fsp3) is 0.778. The van der Waals surface area contributed by atoms with E-state index in [2.05, 4.69) is 12.6 Å². The van der Waals surface area contributed by atoms with Crippen molar-refractivity contribution in [3.8, 4) is 0 Å². The molecule has 1 saturated heterocycles. The summed E-state index contributed by atoms with van der Waals surface area (Å²) in [7, 11) is 0. The van der Waals surface area contributed by atoms with Crippen LogP contribution < -0.4 is 0 Å². The molecule has 0 aliphatic carbocycles. The van der Waals surface area contributed by atoms with E-state index >= 15 is 0 Å². The molecule has 1 aliphatic rings.